The van der Waals surface area contributed by atoms with Crippen LogP contribution in [0, 0.1) is 22.7 Å². The molecule has 138 valence electrons. The van der Waals surface area contributed by atoms with Crippen molar-refractivity contribution in [3.8, 4) is 12.1 Å². The molecule has 7 nitrogen and oxygen atoms in total. The number of rotatable bonds is 2. The molecule has 0 saturated carbocycles. The highest BCUT2D eigenvalue weighted by Gasteiger charge is 2.22. The molecule has 0 bridgehead atoms. The lowest BCUT2D eigenvalue weighted by Gasteiger charge is -2.30. The molecule has 1 fully saturated rings. The van der Waals surface area contributed by atoms with Gasteiger partial charge in [-0.15, -0.1) is 0 Å². The molecule has 1 amide bonds. The van der Waals surface area contributed by atoms with E-state index in [4.69, 9.17) is 15.0 Å². The van der Waals surface area contributed by atoms with E-state index in [0.717, 1.165) is 11.3 Å². The van der Waals surface area contributed by atoms with Crippen LogP contribution in [-0.4, -0.2) is 37.9 Å². The molecule has 2 aliphatic rings. The van der Waals surface area contributed by atoms with E-state index in [2.05, 4.69) is 22.4 Å². The summed E-state index contributed by atoms with van der Waals surface area (Å²) in [6, 6.07) is 14.9. The van der Waals surface area contributed by atoms with Crippen LogP contribution in [0.25, 0.3) is 0 Å². The molecule has 1 N–H and O–H groups in total. The highest BCUT2D eigenvalue weighted by molar-refractivity contribution is 6.17. The maximum atomic E-state index is 12.4. The highest BCUT2D eigenvalue weighted by atomic mass is 16.5. The van der Waals surface area contributed by atoms with Gasteiger partial charge >= 0.3 is 0 Å². The van der Waals surface area contributed by atoms with Gasteiger partial charge in [-0.3, -0.25) is 9.79 Å². The molecule has 4 rings (SSSR count). The van der Waals surface area contributed by atoms with Crippen LogP contribution in [0.15, 0.2) is 41.4 Å². The summed E-state index contributed by atoms with van der Waals surface area (Å²) in [6.07, 6.45) is 0.0956. The fourth-order valence-corrected chi connectivity index (χ4v) is 3.39. The quantitative estimate of drug-likeness (QED) is 0.875. The predicted octanol–water partition coefficient (Wildman–Crippen LogP) is 2.73. The van der Waals surface area contributed by atoms with Crippen LogP contribution in [0.2, 0.25) is 0 Å². The first kappa shape index (κ1) is 17.7. The van der Waals surface area contributed by atoms with Crippen molar-refractivity contribution in [1.82, 2.24) is 0 Å². The van der Waals surface area contributed by atoms with Crippen LogP contribution >= 0.6 is 0 Å². The van der Waals surface area contributed by atoms with Crippen LogP contribution in [0.5, 0.6) is 0 Å². The number of amides is 1. The van der Waals surface area contributed by atoms with Gasteiger partial charge in [0, 0.05) is 13.1 Å². The number of morpholine rings is 1. The average Bonchev–Trinajstić information content (AvgIpc) is 2.91. The lowest BCUT2D eigenvalue weighted by Crippen LogP contribution is -2.36. The van der Waals surface area contributed by atoms with E-state index < -0.39 is 0 Å². The second-order valence-electron chi connectivity index (χ2n) is 6.57. The normalized spacial score (nSPS) is 16.1. The molecule has 2 aromatic carbocycles. The molecule has 0 atom stereocenters. The van der Waals surface area contributed by atoms with Gasteiger partial charge in [0.25, 0.3) is 0 Å². The number of nitriles is 2. The third kappa shape index (κ3) is 3.44. The van der Waals surface area contributed by atoms with Crippen LogP contribution < -0.4 is 10.2 Å². The Morgan fingerprint density at radius 1 is 1.11 bits per heavy atom. The number of fused-ring (bicyclic) bond motifs is 1. The fourth-order valence-electron chi connectivity index (χ4n) is 3.39. The van der Waals surface area contributed by atoms with Crippen molar-refractivity contribution in [2.75, 3.05) is 36.5 Å². The van der Waals surface area contributed by atoms with E-state index in [9.17, 15) is 10.1 Å². The van der Waals surface area contributed by atoms with E-state index in [1.807, 2.05) is 12.1 Å². The number of hydrogen-bond donors (Lipinski definition) is 1. The fraction of sp³-hybridized carbons (Fsp3) is 0.238. The molecule has 0 aliphatic carbocycles. The first-order valence-electron chi connectivity index (χ1n) is 8.97. The van der Waals surface area contributed by atoms with Gasteiger partial charge in [-0.2, -0.15) is 10.5 Å². The molecule has 2 aliphatic heterocycles. The zero-order valence-electron chi connectivity index (χ0n) is 15.1. The zero-order valence-corrected chi connectivity index (χ0v) is 15.1. The van der Waals surface area contributed by atoms with E-state index in [1.54, 1.807) is 24.3 Å². The minimum absolute atomic E-state index is 0.0956. The number of anilines is 2. The number of nitrogens with one attached hydrogen (secondary N) is 1. The molecule has 2 heterocycles. The van der Waals surface area contributed by atoms with Crippen molar-refractivity contribution in [3.05, 3.63) is 53.1 Å². The van der Waals surface area contributed by atoms with Gasteiger partial charge in [0.1, 0.15) is 6.07 Å². The summed E-state index contributed by atoms with van der Waals surface area (Å²) in [7, 11) is 0. The molecule has 0 radical (unpaired) electrons. The maximum Gasteiger partial charge on any atom is 0.230 e. The summed E-state index contributed by atoms with van der Waals surface area (Å²) in [5, 5.41) is 21.6. The van der Waals surface area contributed by atoms with Gasteiger partial charge in [0.05, 0.1) is 59.6 Å². The molecule has 28 heavy (non-hydrogen) atoms. The predicted molar refractivity (Wildman–Crippen MR) is 105 cm³/mol. The summed E-state index contributed by atoms with van der Waals surface area (Å²) in [5.74, 6) is -0.206. The number of benzene rings is 2. The van der Waals surface area contributed by atoms with E-state index in [-0.39, 0.29) is 12.3 Å². The highest BCUT2D eigenvalue weighted by Crippen LogP contribution is 2.36. The zero-order chi connectivity index (χ0) is 19.5. The van der Waals surface area contributed by atoms with Crippen molar-refractivity contribution in [3.63, 3.8) is 0 Å². The van der Waals surface area contributed by atoms with Crippen LogP contribution in [0.1, 0.15) is 23.1 Å². The largest absolute Gasteiger partial charge is 0.378 e. The first-order chi connectivity index (χ1) is 13.7. The molecule has 0 spiro atoms. The molecule has 2 aromatic rings. The number of nitrogens with zero attached hydrogens (tertiary/aromatic N) is 4. The molecule has 1 saturated heterocycles. The Morgan fingerprint density at radius 3 is 2.68 bits per heavy atom. The topological polar surface area (TPSA) is 102 Å². The van der Waals surface area contributed by atoms with Gasteiger partial charge in [0.2, 0.25) is 5.91 Å². The first-order valence-corrected chi connectivity index (χ1v) is 8.97. The third-order valence-corrected chi connectivity index (χ3v) is 4.77. The second kappa shape index (κ2) is 7.51. The van der Waals surface area contributed by atoms with Gasteiger partial charge in [-0.1, -0.05) is 12.1 Å². The van der Waals surface area contributed by atoms with Gasteiger partial charge < -0.3 is 15.0 Å². The molecule has 7 heteroatoms. The average molecular weight is 371 g/mol. The number of carbonyl (C=O) groups is 1. The minimum atomic E-state index is -0.206. The monoisotopic (exact) mass is 371 g/mol. The van der Waals surface area contributed by atoms with E-state index in [1.165, 1.54) is 0 Å². The smallest absolute Gasteiger partial charge is 0.230 e. The molecular weight excluding hydrogens is 354 g/mol. The Labute approximate surface area is 162 Å². The Kier molecular flexibility index (Phi) is 4.76. The minimum Gasteiger partial charge on any atom is -0.378 e. The summed E-state index contributed by atoms with van der Waals surface area (Å²) < 4.78 is 5.40. The van der Waals surface area contributed by atoms with Crippen LogP contribution in [0.4, 0.5) is 17.1 Å². The van der Waals surface area contributed by atoms with Crippen molar-refractivity contribution in [2.24, 2.45) is 4.99 Å². The van der Waals surface area contributed by atoms with Crippen molar-refractivity contribution in [2.45, 2.75) is 6.42 Å². The third-order valence-electron chi connectivity index (χ3n) is 4.77. The Bertz CT molecular complexity index is 1060. The number of carbonyl (C=O) groups excluding carboxylic acids is 1. The standard InChI is InChI=1S/C21H17N5O2/c22-12-14-2-1-3-15(8-14)17-11-21(27)25-18-9-16(13-23)20(10-19(18)24-17)26-4-6-28-7-5-26/h1-3,8-10H,4-7,11H2,(H,25,27). The lowest BCUT2D eigenvalue weighted by atomic mass is 10.0. The van der Waals surface area contributed by atoms with Crippen molar-refractivity contribution >= 4 is 28.7 Å². The number of aliphatic imine (C=N–C) groups is 1. The summed E-state index contributed by atoms with van der Waals surface area (Å²) in [6.45, 7) is 2.60. The lowest BCUT2D eigenvalue weighted by molar-refractivity contribution is -0.115. The van der Waals surface area contributed by atoms with Crippen molar-refractivity contribution < 1.29 is 9.53 Å². The summed E-state index contributed by atoms with van der Waals surface area (Å²) in [4.78, 5) is 19.2. The maximum absolute atomic E-state index is 12.4. The van der Waals surface area contributed by atoms with Crippen LogP contribution in [-0.2, 0) is 9.53 Å². The SMILES string of the molecule is N#Cc1cccc(C2=Nc3cc(N4CCOCC4)c(C#N)cc3NC(=O)C2)c1. The van der Waals surface area contributed by atoms with Crippen LogP contribution in [0.3, 0.4) is 0 Å². The molecule has 0 unspecified atom stereocenters. The number of hydrogen-bond acceptors (Lipinski definition) is 6. The Morgan fingerprint density at radius 2 is 1.93 bits per heavy atom. The van der Waals surface area contributed by atoms with E-state index >= 15 is 0 Å². The van der Waals surface area contributed by atoms with Crippen molar-refractivity contribution in [1.29, 1.82) is 10.5 Å². The van der Waals surface area contributed by atoms with Gasteiger partial charge in [-0.25, -0.2) is 0 Å². The number of ether oxygens (including phenoxy) is 1. The molecular formula is C21H17N5O2. The summed E-state index contributed by atoms with van der Waals surface area (Å²) in [5.41, 5.74) is 4.23. The van der Waals surface area contributed by atoms with E-state index in [0.29, 0.717) is 54.5 Å². The Hall–Kier alpha value is -3.68. The summed E-state index contributed by atoms with van der Waals surface area (Å²) >= 11 is 0. The second-order valence-corrected chi connectivity index (χ2v) is 6.57. The van der Waals surface area contributed by atoms with Gasteiger partial charge in [-0.05, 0) is 29.8 Å². The Balaban J connectivity index is 1.82. The van der Waals surface area contributed by atoms with Gasteiger partial charge in [0.15, 0.2) is 0 Å². The molecule has 0 aromatic heterocycles.